The van der Waals surface area contributed by atoms with Crippen molar-refractivity contribution in [2.75, 3.05) is 33.2 Å². The van der Waals surface area contributed by atoms with Crippen molar-refractivity contribution in [1.82, 2.24) is 9.80 Å². The van der Waals surface area contributed by atoms with E-state index in [-0.39, 0.29) is 12.0 Å². The summed E-state index contributed by atoms with van der Waals surface area (Å²) in [5.74, 6) is 2.04. The van der Waals surface area contributed by atoms with Crippen LogP contribution < -0.4 is 0 Å². The Bertz CT molecular complexity index is 888. The molecule has 0 amide bonds. The summed E-state index contributed by atoms with van der Waals surface area (Å²) in [6, 6.07) is 12.1. The maximum Gasteiger partial charge on any atom is 0.336 e. The minimum absolute atomic E-state index is 0.104. The van der Waals surface area contributed by atoms with Gasteiger partial charge in [-0.25, -0.2) is 4.79 Å². The number of esters is 1. The quantitative estimate of drug-likeness (QED) is 0.284. The molecule has 3 aliphatic rings. The number of aryl methyl sites for hydroxylation is 1. The highest BCUT2D eigenvalue weighted by molar-refractivity contribution is 7.98. The molecule has 0 radical (unpaired) electrons. The van der Waals surface area contributed by atoms with Gasteiger partial charge in [-0.3, -0.25) is 4.99 Å². The van der Waals surface area contributed by atoms with Gasteiger partial charge in [0, 0.05) is 12.1 Å². The molecule has 5 atom stereocenters. The van der Waals surface area contributed by atoms with Crippen LogP contribution in [0.4, 0.5) is 0 Å². The Balaban J connectivity index is 1.59. The Morgan fingerprint density at radius 3 is 2.50 bits per heavy atom. The lowest BCUT2D eigenvalue weighted by molar-refractivity contribution is -0.149. The molecule has 0 N–H and O–H groups in total. The maximum absolute atomic E-state index is 13.5. The van der Waals surface area contributed by atoms with Crippen LogP contribution in [0.2, 0.25) is 0 Å². The molecule has 0 bridgehead atoms. The molecule has 5 unspecified atom stereocenters. The summed E-state index contributed by atoms with van der Waals surface area (Å²) >= 11 is 1.81. The third-order valence-corrected chi connectivity index (χ3v) is 10.4. The zero-order valence-corrected chi connectivity index (χ0v) is 25.1. The van der Waals surface area contributed by atoms with Crippen LogP contribution in [0.3, 0.4) is 0 Å². The van der Waals surface area contributed by atoms with Gasteiger partial charge in [0.25, 0.3) is 0 Å². The van der Waals surface area contributed by atoms with Crippen LogP contribution in [-0.2, 0) is 16.0 Å². The molecule has 2 saturated carbocycles. The molecular formula is C32H51N3O2S. The Morgan fingerprint density at radius 1 is 1.11 bits per heavy atom. The van der Waals surface area contributed by atoms with Gasteiger partial charge in [-0.2, -0.15) is 11.8 Å². The monoisotopic (exact) mass is 541 g/mol. The highest BCUT2D eigenvalue weighted by atomic mass is 32.2. The zero-order chi connectivity index (χ0) is 27.0. The van der Waals surface area contributed by atoms with Gasteiger partial charge < -0.3 is 14.5 Å². The standard InChI is InChI=1S/C32H51N3O2S/c1-34(2)29(20-19-25-13-7-5-8-14-25)28-18-12-11-15-26(28)23-30-32(21-22-38-4,31(36)37-3)33-24-35(30)27-16-9-6-10-17-27/h5,7-8,13-14,24,26-30H,6,9-12,15-23H2,1-4H3. The Morgan fingerprint density at radius 2 is 1.82 bits per heavy atom. The average molecular weight is 542 g/mol. The molecule has 1 heterocycles. The number of benzene rings is 1. The minimum Gasteiger partial charge on any atom is -0.467 e. The number of methoxy groups -OCH3 is 1. The highest BCUT2D eigenvalue weighted by Gasteiger charge is 2.54. The summed E-state index contributed by atoms with van der Waals surface area (Å²) in [4.78, 5) is 23.6. The first-order valence-electron chi connectivity index (χ1n) is 15.1. The van der Waals surface area contributed by atoms with Crippen molar-refractivity contribution in [2.45, 2.75) is 107 Å². The van der Waals surface area contributed by atoms with Gasteiger partial charge in [0.05, 0.1) is 19.5 Å². The molecule has 1 aromatic carbocycles. The summed E-state index contributed by atoms with van der Waals surface area (Å²) < 4.78 is 5.49. The lowest BCUT2D eigenvalue weighted by atomic mass is 9.68. The van der Waals surface area contributed by atoms with Gasteiger partial charge in [-0.15, -0.1) is 0 Å². The molecule has 2 aliphatic carbocycles. The summed E-state index contributed by atoms with van der Waals surface area (Å²) in [5.41, 5.74) is 0.663. The predicted octanol–water partition coefficient (Wildman–Crippen LogP) is 6.46. The van der Waals surface area contributed by atoms with Crippen LogP contribution in [0.15, 0.2) is 35.3 Å². The fourth-order valence-corrected chi connectivity index (χ4v) is 8.24. The second-order valence-electron chi connectivity index (χ2n) is 12.2. The SMILES string of the molecule is COC(=O)C1(CCSC)N=CN(C2CCCCC2)C1CC1CCCCC1C(CCc1ccccc1)N(C)C. The van der Waals surface area contributed by atoms with Crippen molar-refractivity contribution in [3.63, 3.8) is 0 Å². The third-order valence-electron chi connectivity index (χ3n) is 9.78. The van der Waals surface area contributed by atoms with E-state index < -0.39 is 5.54 Å². The number of ether oxygens (including phenoxy) is 1. The van der Waals surface area contributed by atoms with Crippen LogP contribution >= 0.6 is 11.8 Å². The lowest BCUT2D eigenvalue weighted by Gasteiger charge is -2.46. The van der Waals surface area contributed by atoms with Gasteiger partial charge in [0.1, 0.15) is 0 Å². The number of rotatable bonds is 12. The second-order valence-corrected chi connectivity index (χ2v) is 13.1. The number of aliphatic imine (C=N–C) groups is 1. The van der Waals surface area contributed by atoms with E-state index in [1.54, 1.807) is 18.9 Å². The number of carbonyl (C=O) groups excluding carboxylic acids is 1. The lowest BCUT2D eigenvalue weighted by Crippen LogP contribution is -2.56. The molecule has 0 saturated heterocycles. The van der Waals surface area contributed by atoms with Gasteiger partial charge in [0.2, 0.25) is 0 Å². The summed E-state index contributed by atoms with van der Waals surface area (Å²) in [6.45, 7) is 0. The fourth-order valence-electron chi connectivity index (χ4n) is 7.72. The molecule has 2 fully saturated rings. The third kappa shape index (κ3) is 6.78. The van der Waals surface area contributed by atoms with E-state index in [0.717, 1.165) is 25.0 Å². The Hall–Kier alpha value is -1.53. The fraction of sp³-hybridized carbons (Fsp3) is 0.750. The molecule has 1 aliphatic heterocycles. The van der Waals surface area contributed by atoms with Crippen molar-refractivity contribution in [1.29, 1.82) is 0 Å². The van der Waals surface area contributed by atoms with Crippen LogP contribution in [0, 0.1) is 11.8 Å². The van der Waals surface area contributed by atoms with Crippen LogP contribution in [0.25, 0.3) is 0 Å². The van der Waals surface area contributed by atoms with Crippen molar-refractivity contribution in [3.8, 4) is 0 Å². The number of nitrogens with zero attached hydrogens (tertiary/aromatic N) is 3. The van der Waals surface area contributed by atoms with Crippen LogP contribution in [0.1, 0.15) is 82.6 Å². The van der Waals surface area contributed by atoms with E-state index in [1.807, 2.05) is 0 Å². The largest absolute Gasteiger partial charge is 0.467 e. The minimum atomic E-state index is -0.769. The maximum atomic E-state index is 13.5. The van der Waals surface area contributed by atoms with E-state index >= 15 is 0 Å². The van der Waals surface area contributed by atoms with Gasteiger partial charge in [-0.1, -0.05) is 68.9 Å². The Kier molecular flexibility index (Phi) is 11.0. The van der Waals surface area contributed by atoms with Gasteiger partial charge in [-0.05, 0) is 88.4 Å². The van der Waals surface area contributed by atoms with Gasteiger partial charge in [0.15, 0.2) is 5.54 Å². The predicted molar refractivity (Wildman–Crippen MR) is 161 cm³/mol. The topological polar surface area (TPSA) is 45.1 Å². The second kappa shape index (κ2) is 14.2. The number of carbonyl (C=O) groups is 1. The van der Waals surface area contributed by atoms with Crippen molar-refractivity contribution in [3.05, 3.63) is 35.9 Å². The van der Waals surface area contributed by atoms with Crippen molar-refractivity contribution < 1.29 is 9.53 Å². The number of hydrogen-bond acceptors (Lipinski definition) is 6. The summed E-state index contributed by atoms with van der Waals surface area (Å²) in [5, 5.41) is 0. The molecular weight excluding hydrogens is 490 g/mol. The summed E-state index contributed by atoms with van der Waals surface area (Å²) in [6.07, 6.45) is 19.8. The smallest absolute Gasteiger partial charge is 0.336 e. The van der Waals surface area contributed by atoms with E-state index in [1.165, 1.54) is 69.8 Å². The average Bonchev–Trinajstić information content (AvgIpc) is 3.32. The molecule has 0 aromatic heterocycles. The van der Waals surface area contributed by atoms with Crippen LogP contribution in [-0.4, -0.2) is 79.0 Å². The number of hydrogen-bond donors (Lipinski definition) is 0. The van der Waals surface area contributed by atoms with E-state index in [4.69, 9.17) is 9.73 Å². The molecule has 6 heteroatoms. The van der Waals surface area contributed by atoms with Crippen molar-refractivity contribution in [2.24, 2.45) is 16.8 Å². The first-order chi connectivity index (χ1) is 18.5. The molecule has 38 heavy (non-hydrogen) atoms. The molecule has 4 rings (SSSR count). The van der Waals surface area contributed by atoms with E-state index in [0.29, 0.717) is 23.9 Å². The highest BCUT2D eigenvalue weighted by Crippen LogP contribution is 2.44. The van der Waals surface area contributed by atoms with Gasteiger partial charge >= 0.3 is 5.97 Å². The molecule has 1 aromatic rings. The summed E-state index contributed by atoms with van der Waals surface area (Å²) in [7, 11) is 6.09. The Labute approximate surface area is 236 Å². The van der Waals surface area contributed by atoms with E-state index in [2.05, 4.69) is 66.8 Å². The first kappa shape index (κ1) is 29.5. The zero-order valence-electron chi connectivity index (χ0n) is 24.3. The van der Waals surface area contributed by atoms with Crippen molar-refractivity contribution >= 4 is 24.1 Å². The molecule has 0 spiro atoms. The van der Waals surface area contributed by atoms with E-state index in [9.17, 15) is 4.79 Å². The normalized spacial score (nSPS) is 29.1. The first-order valence-corrected chi connectivity index (χ1v) is 16.5. The molecule has 5 nitrogen and oxygen atoms in total. The number of thioether (sulfide) groups is 1. The molecule has 212 valence electrons. The van der Waals surface area contributed by atoms with Crippen LogP contribution in [0.5, 0.6) is 0 Å².